The van der Waals surface area contributed by atoms with Crippen molar-refractivity contribution in [3.63, 3.8) is 0 Å². The number of piperidine rings is 1. The smallest absolute Gasteiger partial charge is 0.128 e. The van der Waals surface area contributed by atoms with Crippen LogP contribution in [0.3, 0.4) is 0 Å². The SMILES string of the molecule is CN1CCC(=Cc2cccc(Oc3ccccc3)c2)CC1. The van der Waals surface area contributed by atoms with Crippen LogP contribution in [-0.4, -0.2) is 25.0 Å². The molecule has 1 aliphatic heterocycles. The van der Waals surface area contributed by atoms with Crippen molar-refractivity contribution in [2.75, 3.05) is 20.1 Å². The molecule has 0 aromatic heterocycles. The summed E-state index contributed by atoms with van der Waals surface area (Å²) in [5, 5.41) is 0. The second-order valence-electron chi connectivity index (χ2n) is 5.59. The Morgan fingerprint density at radius 3 is 2.38 bits per heavy atom. The average molecular weight is 279 g/mol. The van der Waals surface area contributed by atoms with Crippen LogP contribution in [-0.2, 0) is 0 Å². The van der Waals surface area contributed by atoms with Gasteiger partial charge in [0.2, 0.25) is 0 Å². The van der Waals surface area contributed by atoms with Crippen molar-refractivity contribution in [2.45, 2.75) is 12.8 Å². The van der Waals surface area contributed by atoms with Gasteiger partial charge in [-0.15, -0.1) is 0 Å². The van der Waals surface area contributed by atoms with Crippen LogP contribution in [0.5, 0.6) is 11.5 Å². The first kappa shape index (κ1) is 13.9. The van der Waals surface area contributed by atoms with Crippen molar-refractivity contribution in [2.24, 2.45) is 0 Å². The molecule has 2 aromatic rings. The van der Waals surface area contributed by atoms with Gasteiger partial charge in [0.15, 0.2) is 0 Å². The second-order valence-corrected chi connectivity index (χ2v) is 5.59. The molecule has 0 spiro atoms. The molecular formula is C19H21NO. The molecular weight excluding hydrogens is 258 g/mol. The number of ether oxygens (including phenoxy) is 1. The Morgan fingerprint density at radius 1 is 0.905 bits per heavy atom. The normalized spacial score (nSPS) is 15.8. The predicted molar refractivity (Wildman–Crippen MR) is 87.7 cm³/mol. The highest BCUT2D eigenvalue weighted by molar-refractivity contribution is 5.55. The van der Waals surface area contributed by atoms with Gasteiger partial charge in [-0.3, -0.25) is 0 Å². The van der Waals surface area contributed by atoms with Crippen LogP contribution in [0.15, 0.2) is 60.2 Å². The van der Waals surface area contributed by atoms with Crippen molar-refractivity contribution >= 4 is 6.08 Å². The Hall–Kier alpha value is -2.06. The summed E-state index contributed by atoms with van der Waals surface area (Å²) in [6.07, 6.45) is 4.64. The average Bonchev–Trinajstić information content (AvgIpc) is 2.51. The Labute approximate surface area is 126 Å². The van der Waals surface area contributed by atoms with Crippen molar-refractivity contribution < 1.29 is 4.74 Å². The van der Waals surface area contributed by atoms with Crippen LogP contribution in [0.1, 0.15) is 18.4 Å². The van der Waals surface area contributed by atoms with E-state index < -0.39 is 0 Å². The lowest BCUT2D eigenvalue weighted by molar-refractivity contribution is 0.313. The van der Waals surface area contributed by atoms with E-state index in [0.717, 1.165) is 24.6 Å². The largest absolute Gasteiger partial charge is 0.457 e. The first-order valence-corrected chi connectivity index (χ1v) is 7.50. The van der Waals surface area contributed by atoms with Crippen molar-refractivity contribution in [1.82, 2.24) is 4.90 Å². The molecule has 2 aromatic carbocycles. The lowest BCUT2D eigenvalue weighted by atomic mass is 10.0. The third kappa shape index (κ3) is 3.96. The van der Waals surface area contributed by atoms with Crippen LogP contribution >= 0.6 is 0 Å². The maximum Gasteiger partial charge on any atom is 0.128 e. The molecule has 21 heavy (non-hydrogen) atoms. The third-order valence-corrected chi connectivity index (χ3v) is 3.84. The summed E-state index contributed by atoms with van der Waals surface area (Å²) in [5.41, 5.74) is 2.76. The molecule has 2 heteroatoms. The fraction of sp³-hybridized carbons (Fsp3) is 0.263. The summed E-state index contributed by atoms with van der Waals surface area (Å²) < 4.78 is 5.89. The van der Waals surface area contributed by atoms with Crippen LogP contribution < -0.4 is 4.74 Å². The van der Waals surface area contributed by atoms with Crippen molar-refractivity contribution in [3.8, 4) is 11.5 Å². The predicted octanol–water partition coefficient (Wildman–Crippen LogP) is 4.59. The van der Waals surface area contributed by atoms with E-state index in [2.05, 4.69) is 36.2 Å². The summed E-state index contributed by atoms with van der Waals surface area (Å²) in [5.74, 6) is 1.77. The molecule has 3 rings (SSSR count). The van der Waals surface area contributed by atoms with Gasteiger partial charge in [0.1, 0.15) is 11.5 Å². The molecule has 0 radical (unpaired) electrons. The number of nitrogens with zero attached hydrogens (tertiary/aromatic N) is 1. The highest BCUT2D eigenvalue weighted by Crippen LogP contribution is 2.24. The first-order chi connectivity index (χ1) is 10.3. The molecule has 1 aliphatic rings. The van der Waals surface area contributed by atoms with E-state index in [4.69, 9.17) is 4.74 Å². The first-order valence-electron chi connectivity index (χ1n) is 7.50. The Bertz CT molecular complexity index is 608. The quantitative estimate of drug-likeness (QED) is 0.815. The van der Waals surface area contributed by atoms with Gasteiger partial charge in [-0.05, 0) is 49.7 Å². The molecule has 0 unspecified atom stereocenters. The van der Waals surface area contributed by atoms with Crippen molar-refractivity contribution in [1.29, 1.82) is 0 Å². The summed E-state index contributed by atoms with van der Waals surface area (Å²) in [7, 11) is 2.19. The molecule has 0 amide bonds. The molecule has 0 bridgehead atoms. The molecule has 0 N–H and O–H groups in total. The highest BCUT2D eigenvalue weighted by atomic mass is 16.5. The monoisotopic (exact) mass is 279 g/mol. The Kier molecular flexibility index (Phi) is 4.37. The minimum atomic E-state index is 0.876. The molecule has 0 atom stereocenters. The maximum absolute atomic E-state index is 5.89. The number of benzene rings is 2. The van der Waals surface area contributed by atoms with E-state index in [1.807, 2.05) is 36.4 Å². The zero-order chi connectivity index (χ0) is 14.5. The van der Waals surface area contributed by atoms with E-state index >= 15 is 0 Å². The fourth-order valence-corrected chi connectivity index (χ4v) is 2.58. The minimum absolute atomic E-state index is 0.876. The molecule has 0 aliphatic carbocycles. The standard InChI is InChI=1S/C19H21NO/c1-20-12-10-16(11-13-20)14-17-6-5-9-19(15-17)21-18-7-3-2-4-8-18/h2-9,14-15H,10-13H2,1H3. The second kappa shape index (κ2) is 6.59. The molecule has 1 saturated heterocycles. The van der Waals surface area contributed by atoms with Crippen LogP contribution in [0.25, 0.3) is 6.08 Å². The number of para-hydroxylation sites is 1. The number of hydrogen-bond acceptors (Lipinski definition) is 2. The van der Waals surface area contributed by atoms with E-state index in [9.17, 15) is 0 Å². The lowest BCUT2D eigenvalue weighted by Gasteiger charge is -2.24. The fourth-order valence-electron chi connectivity index (χ4n) is 2.58. The topological polar surface area (TPSA) is 12.5 Å². The molecule has 108 valence electrons. The maximum atomic E-state index is 5.89. The van der Waals surface area contributed by atoms with Gasteiger partial charge in [0, 0.05) is 13.1 Å². The summed E-state index contributed by atoms with van der Waals surface area (Å²) in [4.78, 5) is 2.38. The summed E-state index contributed by atoms with van der Waals surface area (Å²) in [6.45, 7) is 2.32. The zero-order valence-electron chi connectivity index (χ0n) is 12.5. The highest BCUT2D eigenvalue weighted by Gasteiger charge is 2.09. The molecule has 2 nitrogen and oxygen atoms in total. The Balaban J connectivity index is 1.73. The van der Waals surface area contributed by atoms with Crippen LogP contribution in [0.4, 0.5) is 0 Å². The molecule has 0 saturated carbocycles. The molecule has 1 fully saturated rings. The van der Waals surface area contributed by atoms with Gasteiger partial charge in [0.05, 0.1) is 0 Å². The van der Waals surface area contributed by atoms with Gasteiger partial charge >= 0.3 is 0 Å². The van der Waals surface area contributed by atoms with Crippen LogP contribution in [0.2, 0.25) is 0 Å². The molecule has 1 heterocycles. The van der Waals surface area contributed by atoms with Gasteiger partial charge in [-0.25, -0.2) is 0 Å². The van der Waals surface area contributed by atoms with E-state index in [0.29, 0.717) is 0 Å². The number of rotatable bonds is 3. The van der Waals surface area contributed by atoms with Gasteiger partial charge < -0.3 is 9.64 Å². The Morgan fingerprint density at radius 2 is 1.62 bits per heavy atom. The summed E-state index contributed by atoms with van der Waals surface area (Å²) >= 11 is 0. The lowest BCUT2D eigenvalue weighted by Crippen LogP contribution is -2.26. The van der Waals surface area contributed by atoms with Gasteiger partial charge in [-0.2, -0.15) is 0 Å². The van der Waals surface area contributed by atoms with E-state index in [1.54, 1.807) is 0 Å². The minimum Gasteiger partial charge on any atom is -0.457 e. The van der Waals surface area contributed by atoms with Gasteiger partial charge in [0.25, 0.3) is 0 Å². The van der Waals surface area contributed by atoms with Gasteiger partial charge in [-0.1, -0.05) is 42.0 Å². The zero-order valence-corrected chi connectivity index (χ0v) is 12.5. The van der Waals surface area contributed by atoms with E-state index in [1.165, 1.54) is 24.0 Å². The number of likely N-dealkylation sites (tertiary alicyclic amines) is 1. The number of hydrogen-bond donors (Lipinski definition) is 0. The van der Waals surface area contributed by atoms with Crippen molar-refractivity contribution in [3.05, 3.63) is 65.7 Å². The summed E-state index contributed by atoms with van der Waals surface area (Å²) in [6, 6.07) is 18.2. The van der Waals surface area contributed by atoms with E-state index in [-0.39, 0.29) is 0 Å². The third-order valence-electron chi connectivity index (χ3n) is 3.84. The van der Waals surface area contributed by atoms with Crippen LogP contribution in [0, 0.1) is 0 Å².